The number of anilines is 1. The first-order chi connectivity index (χ1) is 11.7. The van der Waals surface area contributed by atoms with Crippen molar-refractivity contribution in [2.24, 2.45) is 0 Å². The molecule has 0 atom stereocenters. The number of pyridine rings is 1. The summed E-state index contributed by atoms with van der Waals surface area (Å²) < 4.78 is 18.8. The molecule has 4 rings (SSSR count). The van der Waals surface area contributed by atoms with Gasteiger partial charge in [0.15, 0.2) is 5.82 Å². The number of aromatic nitrogens is 3. The maximum absolute atomic E-state index is 13.5. The molecule has 6 heteroatoms. The van der Waals surface area contributed by atoms with E-state index in [-0.39, 0.29) is 5.82 Å². The van der Waals surface area contributed by atoms with E-state index in [0.29, 0.717) is 11.3 Å². The SMILES string of the molecule is Cc1nc(-c2ccc(N3CCOCC3)nc2)nc2cc(F)ccc12. The minimum Gasteiger partial charge on any atom is -0.378 e. The number of fused-ring (bicyclic) bond motifs is 1. The van der Waals surface area contributed by atoms with Crippen LogP contribution in [0.5, 0.6) is 0 Å². The number of hydrogen-bond acceptors (Lipinski definition) is 5. The summed E-state index contributed by atoms with van der Waals surface area (Å²) in [6, 6.07) is 8.50. The van der Waals surface area contributed by atoms with Gasteiger partial charge in [0.2, 0.25) is 0 Å². The molecule has 0 saturated carbocycles. The number of morpholine rings is 1. The first-order valence-electron chi connectivity index (χ1n) is 7.94. The predicted molar refractivity (Wildman–Crippen MR) is 90.5 cm³/mol. The Morgan fingerprint density at radius 2 is 1.92 bits per heavy atom. The molecule has 0 radical (unpaired) electrons. The van der Waals surface area contributed by atoms with Gasteiger partial charge < -0.3 is 9.64 Å². The van der Waals surface area contributed by atoms with Gasteiger partial charge in [0.05, 0.1) is 18.7 Å². The number of nitrogens with zero attached hydrogens (tertiary/aromatic N) is 4. The molecule has 5 nitrogen and oxygen atoms in total. The summed E-state index contributed by atoms with van der Waals surface area (Å²) in [7, 11) is 0. The van der Waals surface area contributed by atoms with Gasteiger partial charge in [0.1, 0.15) is 11.6 Å². The Labute approximate surface area is 139 Å². The van der Waals surface area contributed by atoms with E-state index in [9.17, 15) is 4.39 Å². The molecule has 0 bridgehead atoms. The van der Waals surface area contributed by atoms with Gasteiger partial charge >= 0.3 is 0 Å². The van der Waals surface area contributed by atoms with E-state index >= 15 is 0 Å². The summed E-state index contributed by atoms with van der Waals surface area (Å²) in [6.07, 6.45) is 1.77. The van der Waals surface area contributed by atoms with Crippen LogP contribution in [0.15, 0.2) is 36.5 Å². The molecule has 3 heterocycles. The van der Waals surface area contributed by atoms with E-state index in [1.807, 2.05) is 19.1 Å². The maximum Gasteiger partial charge on any atom is 0.161 e. The third kappa shape index (κ3) is 2.80. The largest absolute Gasteiger partial charge is 0.378 e. The highest BCUT2D eigenvalue weighted by Crippen LogP contribution is 2.23. The normalized spacial score (nSPS) is 15.0. The van der Waals surface area contributed by atoms with E-state index in [1.54, 1.807) is 12.3 Å². The molecule has 1 fully saturated rings. The number of halogens is 1. The Hall–Kier alpha value is -2.60. The fraction of sp³-hybridized carbons (Fsp3) is 0.278. The third-order valence-corrected chi connectivity index (χ3v) is 4.19. The van der Waals surface area contributed by atoms with E-state index < -0.39 is 0 Å². The molecule has 3 aromatic rings. The fourth-order valence-corrected chi connectivity index (χ4v) is 2.89. The minimum atomic E-state index is -0.299. The van der Waals surface area contributed by atoms with Gasteiger partial charge in [-0.05, 0) is 31.2 Å². The number of ether oxygens (including phenoxy) is 1. The molecule has 1 aliphatic heterocycles. The maximum atomic E-state index is 13.5. The Morgan fingerprint density at radius 1 is 1.08 bits per heavy atom. The van der Waals surface area contributed by atoms with Crippen LogP contribution in [0.3, 0.4) is 0 Å². The van der Waals surface area contributed by atoms with Crippen molar-refractivity contribution in [2.75, 3.05) is 31.2 Å². The topological polar surface area (TPSA) is 51.1 Å². The Morgan fingerprint density at radius 3 is 2.67 bits per heavy atom. The summed E-state index contributed by atoms with van der Waals surface area (Å²) in [6.45, 7) is 5.04. The van der Waals surface area contributed by atoms with Crippen molar-refractivity contribution in [3.8, 4) is 11.4 Å². The highest BCUT2D eigenvalue weighted by atomic mass is 19.1. The van der Waals surface area contributed by atoms with Crippen molar-refractivity contribution >= 4 is 16.7 Å². The zero-order chi connectivity index (χ0) is 16.5. The monoisotopic (exact) mass is 324 g/mol. The second-order valence-corrected chi connectivity index (χ2v) is 5.80. The average molecular weight is 324 g/mol. The summed E-state index contributed by atoms with van der Waals surface area (Å²) >= 11 is 0. The van der Waals surface area contributed by atoms with E-state index in [4.69, 9.17) is 4.74 Å². The quantitative estimate of drug-likeness (QED) is 0.725. The lowest BCUT2D eigenvalue weighted by Crippen LogP contribution is -2.36. The van der Waals surface area contributed by atoms with Crippen molar-refractivity contribution in [3.05, 3.63) is 48.0 Å². The van der Waals surface area contributed by atoms with Gasteiger partial charge in [-0.2, -0.15) is 0 Å². The number of benzene rings is 1. The predicted octanol–water partition coefficient (Wildman–Crippen LogP) is 2.98. The van der Waals surface area contributed by atoms with Crippen molar-refractivity contribution in [3.63, 3.8) is 0 Å². The molecule has 0 amide bonds. The zero-order valence-electron chi connectivity index (χ0n) is 13.4. The standard InChI is InChI=1S/C18H17FN4O/c1-12-15-4-3-14(19)10-16(15)22-18(21-12)13-2-5-17(20-11-13)23-6-8-24-9-7-23/h2-5,10-11H,6-9H2,1H3. The lowest BCUT2D eigenvalue weighted by atomic mass is 10.1. The molecule has 0 aliphatic carbocycles. The van der Waals surface area contributed by atoms with Crippen LogP contribution < -0.4 is 4.90 Å². The molecule has 24 heavy (non-hydrogen) atoms. The van der Waals surface area contributed by atoms with Crippen molar-refractivity contribution in [1.29, 1.82) is 0 Å². The fourth-order valence-electron chi connectivity index (χ4n) is 2.89. The Balaban J connectivity index is 1.69. The molecular weight excluding hydrogens is 307 g/mol. The second-order valence-electron chi connectivity index (χ2n) is 5.80. The third-order valence-electron chi connectivity index (χ3n) is 4.19. The molecule has 122 valence electrons. The van der Waals surface area contributed by atoms with Crippen LogP contribution in [-0.2, 0) is 4.74 Å². The van der Waals surface area contributed by atoms with Crippen LogP contribution in [0.25, 0.3) is 22.3 Å². The first kappa shape index (κ1) is 15.0. The summed E-state index contributed by atoms with van der Waals surface area (Å²) in [5.41, 5.74) is 2.25. The molecule has 1 aliphatic rings. The smallest absolute Gasteiger partial charge is 0.161 e. The van der Waals surface area contributed by atoms with Gasteiger partial charge in [-0.3, -0.25) is 0 Å². The molecule has 2 aromatic heterocycles. The van der Waals surface area contributed by atoms with Crippen LogP contribution in [0.2, 0.25) is 0 Å². The van der Waals surface area contributed by atoms with Crippen molar-refractivity contribution in [2.45, 2.75) is 6.92 Å². The zero-order valence-corrected chi connectivity index (χ0v) is 13.4. The van der Waals surface area contributed by atoms with Crippen LogP contribution in [0.4, 0.5) is 10.2 Å². The van der Waals surface area contributed by atoms with E-state index in [1.165, 1.54) is 12.1 Å². The number of rotatable bonds is 2. The summed E-state index contributed by atoms with van der Waals surface area (Å²) in [4.78, 5) is 15.7. The second kappa shape index (κ2) is 6.13. The van der Waals surface area contributed by atoms with Gasteiger partial charge in [0, 0.05) is 42.0 Å². The highest BCUT2D eigenvalue weighted by Gasteiger charge is 2.13. The van der Waals surface area contributed by atoms with Crippen LogP contribution in [-0.4, -0.2) is 41.3 Å². The molecule has 0 N–H and O–H groups in total. The highest BCUT2D eigenvalue weighted by molar-refractivity contribution is 5.82. The summed E-state index contributed by atoms with van der Waals surface area (Å²) in [5, 5.41) is 0.859. The molecule has 0 spiro atoms. The lowest BCUT2D eigenvalue weighted by Gasteiger charge is -2.27. The van der Waals surface area contributed by atoms with Crippen LogP contribution >= 0.6 is 0 Å². The van der Waals surface area contributed by atoms with Gasteiger partial charge in [-0.1, -0.05) is 0 Å². The molecule has 0 unspecified atom stereocenters. The number of hydrogen-bond donors (Lipinski definition) is 0. The summed E-state index contributed by atoms with van der Waals surface area (Å²) in [5.74, 6) is 1.18. The van der Waals surface area contributed by atoms with Gasteiger partial charge in [-0.25, -0.2) is 19.3 Å². The minimum absolute atomic E-state index is 0.299. The van der Waals surface area contributed by atoms with Gasteiger partial charge in [0.25, 0.3) is 0 Å². The van der Waals surface area contributed by atoms with Crippen LogP contribution in [0.1, 0.15) is 5.69 Å². The lowest BCUT2D eigenvalue weighted by molar-refractivity contribution is 0.122. The molecule has 1 aromatic carbocycles. The van der Waals surface area contributed by atoms with Crippen LogP contribution in [0, 0.1) is 12.7 Å². The average Bonchev–Trinajstić information content (AvgIpc) is 2.62. The Bertz CT molecular complexity index is 876. The first-order valence-corrected chi connectivity index (χ1v) is 7.94. The van der Waals surface area contributed by atoms with Gasteiger partial charge in [-0.15, -0.1) is 0 Å². The Kier molecular flexibility index (Phi) is 3.82. The molecule has 1 saturated heterocycles. The molecular formula is C18H17FN4O. The van der Waals surface area contributed by atoms with E-state index in [0.717, 1.165) is 48.8 Å². The number of aryl methyl sites for hydroxylation is 1. The van der Waals surface area contributed by atoms with E-state index in [2.05, 4.69) is 19.9 Å². The van der Waals surface area contributed by atoms with Crippen molar-refractivity contribution in [1.82, 2.24) is 15.0 Å². The van der Waals surface area contributed by atoms with Crippen molar-refractivity contribution < 1.29 is 9.13 Å².